The van der Waals surface area contributed by atoms with Crippen LogP contribution in [-0.4, -0.2) is 58.9 Å². The Labute approximate surface area is 221 Å². The Hall–Kier alpha value is -0.690. The summed E-state index contributed by atoms with van der Waals surface area (Å²) in [7, 11) is 0. The van der Waals surface area contributed by atoms with Gasteiger partial charge >= 0.3 is 5.97 Å². The van der Waals surface area contributed by atoms with E-state index in [1.807, 2.05) is 0 Å². The Bertz CT molecular complexity index is 500. The average Bonchev–Trinajstić information content (AvgIpc) is 2.88. The van der Waals surface area contributed by atoms with Gasteiger partial charge in [0, 0.05) is 6.42 Å². The highest BCUT2D eigenvalue weighted by Gasteiger charge is 2.40. The van der Waals surface area contributed by atoms with Crippen molar-refractivity contribution < 1.29 is 29.6 Å². The molecular formula is C30H58O6. The zero-order valence-electron chi connectivity index (χ0n) is 23.3. The van der Waals surface area contributed by atoms with Gasteiger partial charge < -0.3 is 24.8 Å². The molecule has 1 fully saturated rings. The van der Waals surface area contributed by atoms with Gasteiger partial charge in [-0.2, -0.15) is 0 Å². The Morgan fingerprint density at radius 1 is 0.667 bits per heavy atom. The molecule has 1 saturated heterocycles. The topological polar surface area (TPSA) is 96.2 Å². The number of hydrogen-bond donors (Lipinski definition) is 3. The first-order chi connectivity index (χ1) is 17.6. The van der Waals surface area contributed by atoms with Crippen LogP contribution in [0, 0.1) is 0 Å². The summed E-state index contributed by atoms with van der Waals surface area (Å²) in [6.45, 7) is 1.90. The highest BCUT2D eigenvalue weighted by atomic mass is 16.6. The minimum atomic E-state index is -1.24. The van der Waals surface area contributed by atoms with E-state index in [4.69, 9.17) is 14.6 Å². The molecule has 4 atom stereocenters. The molecule has 0 radical (unpaired) electrons. The second-order valence-corrected chi connectivity index (χ2v) is 10.9. The van der Waals surface area contributed by atoms with E-state index in [0.717, 1.165) is 19.3 Å². The van der Waals surface area contributed by atoms with Crippen molar-refractivity contribution in [2.75, 3.05) is 13.2 Å². The normalized spacial score (nSPS) is 22.1. The highest BCUT2D eigenvalue weighted by Crippen LogP contribution is 2.19. The first kappa shape index (κ1) is 33.3. The summed E-state index contributed by atoms with van der Waals surface area (Å²) in [6, 6.07) is 0. The van der Waals surface area contributed by atoms with Gasteiger partial charge in [0.15, 0.2) is 6.10 Å². The van der Waals surface area contributed by atoms with E-state index in [2.05, 4.69) is 6.92 Å². The first-order valence-electron chi connectivity index (χ1n) is 15.4. The maximum absolute atomic E-state index is 12.0. The molecule has 0 saturated carbocycles. The fourth-order valence-electron chi connectivity index (χ4n) is 5.05. The molecule has 6 heteroatoms. The minimum Gasteiger partial charge on any atom is -0.457 e. The number of carbonyl (C=O) groups excluding carboxylic acids is 1. The van der Waals surface area contributed by atoms with Crippen molar-refractivity contribution >= 4 is 5.97 Å². The highest BCUT2D eigenvalue weighted by molar-refractivity contribution is 5.69. The van der Waals surface area contributed by atoms with Crippen LogP contribution in [0.4, 0.5) is 0 Å². The summed E-state index contributed by atoms with van der Waals surface area (Å²) < 4.78 is 10.5. The number of esters is 1. The summed E-state index contributed by atoms with van der Waals surface area (Å²) in [4.78, 5) is 12.0. The zero-order valence-corrected chi connectivity index (χ0v) is 23.3. The lowest BCUT2D eigenvalue weighted by atomic mass is 10.0. The number of carbonyl (C=O) groups is 1. The SMILES string of the molecule is CCCCCCCCCCCCCCCCCCCCCCCC(=O)O[C@@H]1CO[C@H](CO)[C@@H](O)[C@@H]1O. The fraction of sp³-hybridized carbons (Fsp3) is 0.967. The van der Waals surface area contributed by atoms with Crippen molar-refractivity contribution in [1.29, 1.82) is 0 Å². The lowest BCUT2D eigenvalue weighted by molar-refractivity contribution is -0.210. The van der Waals surface area contributed by atoms with Gasteiger partial charge in [0.1, 0.15) is 18.3 Å². The van der Waals surface area contributed by atoms with Gasteiger partial charge in [0.05, 0.1) is 13.2 Å². The van der Waals surface area contributed by atoms with Crippen LogP contribution in [0.3, 0.4) is 0 Å². The Morgan fingerprint density at radius 3 is 1.44 bits per heavy atom. The van der Waals surface area contributed by atoms with E-state index in [1.54, 1.807) is 0 Å². The molecule has 0 aromatic heterocycles. The molecule has 3 N–H and O–H groups in total. The third kappa shape index (κ3) is 16.9. The fourth-order valence-corrected chi connectivity index (χ4v) is 5.05. The number of aliphatic hydroxyl groups is 3. The molecule has 214 valence electrons. The summed E-state index contributed by atoms with van der Waals surface area (Å²) in [6.07, 6.45) is 24.0. The summed E-state index contributed by atoms with van der Waals surface area (Å²) in [5, 5.41) is 28.9. The second-order valence-electron chi connectivity index (χ2n) is 10.9. The lowest BCUT2D eigenvalue weighted by Crippen LogP contribution is -2.55. The number of aliphatic hydroxyl groups excluding tert-OH is 3. The van der Waals surface area contributed by atoms with Crippen LogP contribution in [0.15, 0.2) is 0 Å². The van der Waals surface area contributed by atoms with Crippen LogP contribution in [0.2, 0.25) is 0 Å². The van der Waals surface area contributed by atoms with Gasteiger partial charge in [-0.1, -0.05) is 135 Å². The molecule has 1 rings (SSSR count). The van der Waals surface area contributed by atoms with Crippen molar-refractivity contribution in [2.24, 2.45) is 0 Å². The maximum atomic E-state index is 12.0. The molecule has 0 amide bonds. The molecule has 0 aromatic carbocycles. The van der Waals surface area contributed by atoms with E-state index in [9.17, 15) is 15.0 Å². The molecule has 1 heterocycles. The van der Waals surface area contributed by atoms with Gasteiger partial charge in [-0.15, -0.1) is 0 Å². The van der Waals surface area contributed by atoms with Crippen molar-refractivity contribution in [1.82, 2.24) is 0 Å². The molecule has 1 aliphatic rings. The number of hydrogen-bond acceptors (Lipinski definition) is 6. The lowest BCUT2D eigenvalue weighted by Gasteiger charge is -2.36. The quantitative estimate of drug-likeness (QED) is 0.0990. The van der Waals surface area contributed by atoms with Gasteiger partial charge in [0.25, 0.3) is 0 Å². The van der Waals surface area contributed by atoms with E-state index in [0.29, 0.717) is 6.42 Å². The molecule has 0 bridgehead atoms. The third-order valence-electron chi connectivity index (χ3n) is 7.53. The van der Waals surface area contributed by atoms with Crippen LogP contribution >= 0.6 is 0 Å². The van der Waals surface area contributed by atoms with Crippen LogP contribution < -0.4 is 0 Å². The summed E-state index contributed by atoms with van der Waals surface area (Å²) in [5.41, 5.74) is 0. The Kier molecular flexibility index (Phi) is 21.7. The van der Waals surface area contributed by atoms with Crippen molar-refractivity contribution in [3.8, 4) is 0 Å². The molecule has 0 aliphatic carbocycles. The standard InChI is InChI=1S/C30H58O6/c1-2-3-4-5-6-7-8-9-10-11-12-13-14-15-16-17-18-19-20-21-22-23-28(32)36-27-25-35-26(24-31)29(33)30(27)34/h26-27,29-31,33-34H,2-25H2,1H3/t26-,27-,29-,30-/m1/s1. The molecular weight excluding hydrogens is 456 g/mol. The van der Waals surface area contributed by atoms with Crippen molar-refractivity contribution in [3.63, 3.8) is 0 Å². The minimum absolute atomic E-state index is 0.00545. The van der Waals surface area contributed by atoms with Crippen LogP contribution in [0.5, 0.6) is 0 Å². The van der Waals surface area contributed by atoms with Crippen LogP contribution in [0.25, 0.3) is 0 Å². The van der Waals surface area contributed by atoms with E-state index in [-0.39, 0.29) is 19.2 Å². The monoisotopic (exact) mass is 514 g/mol. The Morgan fingerprint density at radius 2 is 1.06 bits per heavy atom. The predicted molar refractivity (Wildman–Crippen MR) is 146 cm³/mol. The first-order valence-corrected chi connectivity index (χ1v) is 15.4. The molecule has 6 nitrogen and oxygen atoms in total. The second kappa shape index (κ2) is 23.4. The number of ether oxygens (including phenoxy) is 2. The van der Waals surface area contributed by atoms with E-state index < -0.39 is 24.4 Å². The van der Waals surface area contributed by atoms with E-state index in [1.165, 1.54) is 116 Å². The predicted octanol–water partition coefficient (Wildman–Crippen LogP) is 6.61. The zero-order chi connectivity index (χ0) is 26.3. The largest absolute Gasteiger partial charge is 0.457 e. The maximum Gasteiger partial charge on any atom is 0.306 e. The molecule has 36 heavy (non-hydrogen) atoms. The molecule has 0 aromatic rings. The van der Waals surface area contributed by atoms with Gasteiger partial charge in [-0.05, 0) is 6.42 Å². The van der Waals surface area contributed by atoms with Gasteiger partial charge in [0.2, 0.25) is 0 Å². The smallest absolute Gasteiger partial charge is 0.306 e. The van der Waals surface area contributed by atoms with Crippen molar-refractivity contribution in [3.05, 3.63) is 0 Å². The van der Waals surface area contributed by atoms with Gasteiger partial charge in [-0.25, -0.2) is 0 Å². The van der Waals surface area contributed by atoms with Crippen LogP contribution in [-0.2, 0) is 14.3 Å². The van der Waals surface area contributed by atoms with Crippen molar-refractivity contribution in [2.45, 2.75) is 173 Å². The molecule has 1 aliphatic heterocycles. The molecule has 0 unspecified atom stereocenters. The van der Waals surface area contributed by atoms with Crippen LogP contribution in [0.1, 0.15) is 148 Å². The number of rotatable bonds is 24. The molecule has 0 spiro atoms. The van der Waals surface area contributed by atoms with Gasteiger partial charge in [-0.3, -0.25) is 4.79 Å². The van der Waals surface area contributed by atoms with E-state index >= 15 is 0 Å². The number of unbranched alkanes of at least 4 members (excludes halogenated alkanes) is 20. The summed E-state index contributed by atoms with van der Waals surface area (Å²) >= 11 is 0. The summed E-state index contributed by atoms with van der Waals surface area (Å²) in [5.74, 6) is -0.366. The average molecular weight is 515 g/mol. The third-order valence-corrected chi connectivity index (χ3v) is 7.53. The Balaban J connectivity index is 1.79.